The van der Waals surface area contributed by atoms with Gasteiger partial charge < -0.3 is 0 Å². The van der Waals surface area contributed by atoms with Crippen molar-refractivity contribution in [3.05, 3.63) is 22.7 Å². The molecule has 2 heterocycles. The minimum atomic E-state index is -2.91. The number of alkyl halides is 2. The second-order valence-electron chi connectivity index (χ2n) is 4.41. The van der Waals surface area contributed by atoms with E-state index in [1.165, 1.54) is 16.8 Å². The van der Waals surface area contributed by atoms with Crippen molar-refractivity contribution in [3.63, 3.8) is 0 Å². The molecule has 0 aliphatic heterocycles. The zero-order valence-corrected chi connectivity index (χ0v) is 11.4. The minimum Gasteiger partial charge on any atom is -0.277 e. The maximum atomic E-state index is 13.0. The molecule has 108 valence electrons. The van der Waals surface area contributed by atoms with E-state index in [1.54, 1.807) is 20.8 Å². The van der Waals surface area contributed by atoms with Gasteiger partial charge in [0.05, 0.1) is 17.4 Å². The van der Waals surface area contributed by atoms with E-state index >= 15 is 0 Å². The van der Waals surface area contributed by atoms with Gasteiger partial charge in [0.15, 0.2) is 5.65 Å². The fraction of sp³-hybridized carbons (Fsp3) is 0.417. The predicted octanol–water partition coefficient (Wildman–Crippen LogP) is 2.42. The minimum absolute atomic E-state index is 0.0841. The van der Waals surface area contributed by atoms with Gasteiger partial charge >= 0.3 is 12.2 Å². The van der Waals surface area contributed by atoms with Gasteiger partial charge in [-0.1, -0.05) is 0 Å². The third kappa shape index (κ3) is 2.40. The Kier molecular flexibility index (Phi) is 3.82. The molecule has 0 aromatic carbocycles. The van der Waals surface area contributed by atoms with Crippen molar-refractivity contribution in [1.29, 1.82) is 0 Å². The van der Waals surface area contributed by atoms with E-state index in [2.05, 4.69) is 15.5 Å². The highest BCUT2D eigenvalue weighted by atomic mass is 19.3. The number of rotatable bonds is 4. The normalized spacial score (nSPS) is 11.1. The molecule has 8 heteroatoms. The van der Waals surface area contributed by atoms with Crippen molar-refractivity contribution < 1.29 is 8.78 Å². The van der Waals surface area contributed by atoms with E-state index in [9.17, 15) is 13.6 Å². The van der Waals surface area contributed by atoms with Crippen molar-refractivity contribution in [2.24, 2.45) is 5.10 Å². The predicted molar refractivity (Wildman–Crippen MR) is 73.3 cm³/mol. The lowest BCUT2D eigenvalue weighted by Crippen LogP contribution is -2.24. The molecule has 0 saturated carbocycles. The van der Waals surface area contributed by atoms with E-state index < -0.39 is 12.2 Å². The van der Waals surface area contributed by atoms with Crippen LogP contribution in [0.4, 0.5) is 14.5 Å². The molecule has 0 saturated heterocycles. The zero-order chi connectivity index (χ0) is 14.9. The number of anilines is 1. The number of aryl methyl sites for hydroxylation is 1. The molecular formula is C12H15F2N5O. The molecule has 0 aliphatic carbocycles. The van der Waals surface area contributed by atoms with Crippen LogP contribution in [-0.2, 0) is 6.54 Å². The molecule has 2 aromatic rings. The van der Waals surface area contributed by atoms with Gasteiger partial charge in [-0.3, -0.25) is 9.99 Å². The van der Waals surface area contributed by atoms with E-state index in [0.29, 0.717) is 10.3 Å². The molecule has 0 radical (unpaired) electrons. The Balaban J connectivity index is 2.64. The molecule has 2 aromatic heterocycles. The number of aromatic nitrogens is 3. The van der Waals surface area contributed by atoms with Gasteiger partial charge in [0.2, 0.25) is 0 Å². The van der Waals surface area contributed by atoms with Crippen molar-refractivity contribution in [2.45, 2.75) is 33.9 Å². The van der Waals surface area contributed by atoms with E-state index in [0.717, 1.165) is 5.71 Å². The molecular weight excluding hydrogens is 268 g/mol. The van der Waals surface area contributed by atoms with Gasteiger partial charge in [0, 0.05) is 12.3 Å². The van der Waals surface area contributed by atoms with Crippen LogP contribution in [0.25, 0.3) is 11.2 Å². The summed E-state index contributed by atoms with van der Waals surface area (Å²) in [5, 5.41) is 3.97. The number of hydrogen-bond donors (Lipinski definition) is 1. The summed E-state index contributed by atoms with van der Waals surface area (Å²) >= 11 is 0. The molecule has 0 aliphatic rings. The number of halogens is 2. The summed E-state index contributed by atoms with van der Waals surface area (Å²) < 4.78 is 27.7. The molecule has 6 nitrogen and oxygen atoms in total. The Labute approximate surface area is 113 Å². The number of hydrogen-bond acceptors (Lipinski definition) is 4. The van der Waals surface area contributed by atoms with Crippen LogP contribution in [0.5, 0.6) is 0 Å². The number of nitrogens with zero attached hydrogens (tertiary/aromatic N) is 4. The highest BCUT2D eigenvalue weighted by Gasteiger charge is 2.19. The standard InChI is InChI=1S/C12H15F2N5O/c1-4-18-10-9(19(11(13)14)12(18)20)5-8(6-15-10)17-16-7(2)3/h5-6,11,17H,4H2,1-3H3. The van der Waals surface area contributed by atoms with Gasteiger partial charge in [-0.15, -0.1) is 0 Å². The average Bonchev–Trinajstić information content (AvgIpc) is 2.66. The summed E-state index contributed by atoms with van der Waals surface area (Å²) in [5.41, 5.74) is 3.49. The van der Waals surface area contributed by atoms with E-state index in [4.69, 9.17) is 0 Å². The first kappa shape index (κ1) is 14.2. The topological polar surface area (TPSA) is 64.2 Å². The van der Waals surface area contributed by atoms with E-state index in [1.807, 2.05) is 0 Å². The van der Waals surface area contributed by atoms with Crippen molar-refractivity contribution >= 4 is 22.6 Å². The fourth-order valence-electron chi connectivity index (χ4n) is 1.87. The summed E-state index contributed by atoms with van der Waals surface area (Å²) in [4.78, 5) is 16.0. The molecule has 0 unspecified atom stereocenters. The van der Waals surface area contributed by atoms with Gasteiger partial charge in [-0.05, 0) is 26.8 Å². The van der Waals surface area contributed by atoms with Crippen LogP contribution >= 0.6 is 0 Å². The third-order valence-electron chi connectivity index (χ3n) is 2.72. The summed E-state index contributed by atoms with van der Waals surface area (Å²) in [6.07, 6.45) is 1.45. The lowest BCUT2D eigenvalue weighted by Gasteiger charge is -2.03. The maximum absolute atomic E-state index is 13.0. The zero-order valence-electron chi connectivity index (χ0n) is 11.4. The van der Waals surface area contributed by atoms with E-state index in [-0.39, 0.29) is 17.7 Å². The first-order valence-corrected chi connectivity index (χ1v) is 6.11. The fourth-order valence-corrected chi connectivity index (χ4v) is 1.87. The highest BCUT2D eigenvalue weighted by molar-refractivity contribution is 5.80. The number of imidazole rings is 1. The second-order valence-corrected chi connectivity index (χ2v) is 4.41. The number of fused-ring (bicyclic) bond motifs is 1. The van der Waals surface area contributed by atoms with Crippen LogP contribution in [0.1, 0.15) is 27.3 Å². The molecule has 0 bridgehead atoms. The van der Waals surface area contributed by atoms with Crippen molar-refractivity contribution in [1.82, 2.24) is 14.1 Å². The van der Waals surface area contributed by atoms with Crippen LogP contribution in [-0.4, -0.2) is 19.8 Å². The molecule has 20 heavy (non-hydrogen) atoms. The summed E-state index contributed by atoms with van der Waals surface area (Å²) in [6, 6.07) is 1.44. The van der Waals surface area contributed by atoms with Gasteiger partial charge in [0.1, 0.15) is 0 Å². The maximum Gasteiger partial charge on any atom is 0.334 e. The molecule has 0 fully saturated rings. The molecule has 1 N–H and O–H groups in total. The van der Waals surface area contributed by atoms with Crippen LogP contribution in [0.15, 0.2) is 22.2 Å². The quantitative estimate of drug-likeness (QED) is 0.692. The summed E-state index contributed by atoms with van der Waals surface area (Å²) in [5.74, 6) is 0. The Morgan fingerprint density at radius 1 is 1.50 bits per heavy atom. The smallest absolute Gasteiger partial charge is 0.277 e. The number of pyridine rings is 1. The first-order valence-electron chi connectivity index (χ1n) is 6.11. The number of hydrazone groups is 1. The van der Waals surface area contributed by atoms with Crippen LogP contribution in [0, 0.1) is 0 Å². The lowest BCUT2D eigenvalue weighted by atomic mass is 10.4. The summed E-state index contributed by atoms with van der Waals surface area (Å²) in [6.45, 7) is 2.66. The highest BCUT2D eigenvalue weighted by Crippen LogP contribution is 2.20. The number of nitrogens with one attached hydrogen (secondary N) is 1. The van der Waals surface area contributed by atoms with Crippen LogP contribution in [0.3, 0.4) is 0 Å². The summed E-state index contributed by atoms with van der Waals surface area (Å²) in [7, 11) is 0. The Bertz CT molecular complexity index is 712. The van der Waals surface area contributed by atoms with Gasteiger partial charge in [-0.25, -0.2) is 14.3 Å². The molecule has 0 spiro atoms. The lowest BCUT2D eigenvalue weighted by molar-refractivity contribution is 0.0703. The monoisotopic (exact) mass is 283 g/mol. The third-order valence-corrected chi connectivity index (χ3v) is 2.72. The Hall–Kier alpha value is -2.25. The largest absolute Gasteiger partial charge is 0.334 e. The molecule has 2 rings (SSSR count). The second kappa shape index (κ2) is 5.40. The van der Waals surface area contributed by atoms with Gasteiger partial charge in [0.25, 0.3) is 0 Å². The molecule has 0 amide bonds. The SMILES string of the molecule is CCn1c(=O)n(C(F)F)c2cc(NN=C(C)C)cnc21. The van der Waals surface area contributed by atoms with Crippen LogP contribution in [0.2, 0.25) is 0 Å². The van der Waals surface area contributed by atoms with Crippen LogP contribution < -0.4 is 11.1 Å². The van der Waals surface area contributed by atoms with Crippen molar-refractivity contribution in [2.75, 3.05) is 5.43 Å². The first-order chi connectivity index (χ1) is 9.45. The van der Waals surface area contributed by atoms with Crippen molar-refractivity contribution in [3.8, 4) is 0 Å². The Morgan fingerprint density at radius 2 is 2.20 bits per heavy atom. The molecule has 0 atom stereocenters. The Morgan fingerprint density at radius 3 is 2.75 bits per heavy atom. The average molecular weight is 283 g/mol. The van der Waals surface area contributed by atoms with Gasteiger partial charge in [-0.2, -0.15) is 13.9 Å².